The van der Waals surface area contributed by atoms with Crippen molar-refractivity contribution in [2.75, 3.05) is 13.1 Å². The monoisotopic (exact) mass is 338 g/mol. The first-order chi connectivity index (χ1) is 10.2. The fourth-order valence-electron chi connectivity index (χ4n) is 3.24. The van der Waals surface area contributed by atoms with Crippen LogP contribution in [0.4, 0.5) is 0 Å². The minimum absolute atomic E-state index is 0. The number of thiophene rings is 1. The minimum Gasteiger partial charge on any atom is -0.338 e. The first-order valence-corrected chi connectivity index (χ1v) is 8.51. The first kappa shape index (κ1) is 17.3. The summed E-state index contributed by atoms with van der Waals surface area (Å²) in [6, 6.07) is 8.51. The minimum atomic E-state index is 0. The molecule has 22 heavy (non-hydrogen) atoms. The Labute approximate surface area is 141 Å². The molecule has 1 amide bonds. The van der Waals surface area contributed by atoms with E-state index >= 15 is 0 Å². The fraction of sp³-hybridized carbons (Fsp3) is 0.471. The Kier molecular flexibility index (Phi) is 5.84. The van der Waals surface area contributed by atoms with E-state index in [-0.39, 0.29) is 24.4 Å². The zero-order chi connectivity index (χ0) is 14.8. The number of hydrogen-bond donors (Lipinski definition) is 1. The summed E-state index contributed by atoms with van der Waals surface area (Å²) in [6.45, 7) is 3.67. The molecule has 120 valence electrons. The number of nitrogens with zero attached hydrogens (tertiary/aromatic N) is 1. The van der Waals surface area contributed by atoms with Crippen molar-refractivity contribution in [2.45, 2.75) is 32.2 Å². The van der Waals surface area contributed by atoms with Crippen molar-refractivity contribution in [3.63, 3.8) is 0 Å². The fourth-order valence-corrected chi connectivity index (χ4v) is 4.20. The van der Waals surface area contributed by atoms with E-state index in [1.807, 2.05) is 17.0 Å². The molecule has 1 fully saturated rings. The van der Waals surface area contributed by atoms with Crippen molar-refractivity contribution < 1.29 is 4.79 Å². The van der Waals surface area contributed by atoms with Gasteiger partial charge in [-0.2, -0.15) is 0 Å². The largest absolute Gasteiger partial charge is 0.338 e. The van der Waals surface area contributed by atoms with Crippen LogP contribution in [0.5, 0.6) is 0 Å². The third kappa shape index (κ3) is 3.45. The van der Waals surface area contributed by atoms with E-state index in [0.29, 0.717) is 18.9 Å². The van der Waals surface area contributed by atoms with Crippen molar-refractivity contribution in [3.8, 4) is 0 Å². The molecule has 0 aliphatic carbocycles. The van der Waals surface area contributed by atoms with Gasteiger partial charge in [0, 0.05) is 23.8 Å². The highest BCUT2D eigenvalue weighted by atomic mass is 35.5. The Morgan fingerprint density at radius 2 is 2.18 bits per heavy atom. The molecule has 1 saturated heterocycles. The van der Waals surface area contributed by atoms with Crippen molar-refractivity contribution >= 4 is 39.7 Å². The van der Waals surface area contributed by atoms with Gasteiger partial charge in [-0.3, -0.25) is 4.79 Å². The molecule has 1 aromatic heterocycles. The Hall–Kier alpha value is -1.10. The maximum Gasteiger partial charge on any atom is 0.227 e. The molecule has 0 saturated carbocycles. The van der Waals surface area contributed by atoms with Crippen LogP contribution in [-0.4, -0.2) is 29.9 Å². The zero-order valence-corrected chi connectivity index (χ0v) is 14.5. The number of carbonyl (C=O) groups excluding carboxylic acids is 1. The molecule has 3 rings (SSSR count). The van der Waals surface area contributed by atoms with Gasteiger partial charge in [0.05, 0.1) is 6.42 Å². The van der Waals surface area contributed by atoms with Gasteiger partial charge in [0.15, 0.2) is 0 Å². The van der Waals surface area contributed by atoms with E-state index in [2.05, 4.69) is 24.4 Å². The van der Waals surface area contributed by atoms with Crippen LogP contribution in [0.25, 0.3) is 10.1 Å². The summed E-state index contributed by atoms with van der Waals surface area (Å²) in [6.07, 6.45) is 2.62. The zero-order valence-electron chi connectivity index (χ0n) is 12.8. The normalized spacial score (nSPS) is 21.6. The van der Waals surface area contributed by atoms with Crippen LogP contribution < -0.4 is 5.73 Å². The smallest absolute Gasteiger partial charge is 0.227 e. The lowest BCUT2D eigenvalue weighted by atomic mass is 9.92. The molecule has 2 unspecified atom stereocenters. The molecule has 2 N–H and O–H groups in total. The molecule has 5 heteroatoms. The summed E-state index contributed by atoms with van der Waals surface area (Å²) in [5.41, 5.74) is 7.01. The van der Waals surface area contributed by atoms with Gasteiger partial charge in [0.1, 0.15) is 0 Å². The summed E-state index contributed by atoms with van der Waals surface area (Å²) in [4.78, 5) is 14.7. The highest BCUT2D eigenvalue weighted by molar-refractivity contribution is 7.17. The molecule has 1 aliphatic heterocycles. The molecule has 0 radical (unpaired) electrons. The van der Waals surface area contributed by atoms with Gasteiger partial charge in [-0.1, -0.05) is 25.1 Å². The predicted octanol–water partition coefficient (Wildman–Crippen LogP) is 3.45. The maximum atomic E-state index is 12.7. The van der Waals surface area contributed by atoms with E-state index < -0.39 is 0 Å². The highest BCUT2D eigenvalue weighted by Crippen LogP contribution is 2.28. The standard InChI is InChI=1S/C17H22N2OS.ClH/c1-12-6-7-19(14(8-12)10-18)17(20)9-13-11-21-16-5-3-2-4-15(13)16;/h2-5,11-12,14H,6-10,18H2,1H3;1H. The van der Waals surface area contributed by atoms with Gasteiger partial charge < -0.3 is 10.6 Å². The molecule has 3 nitrogen and oxygen atoms in total. The van der Waals surface area contributed by atoms with Gasteiger partial charge in [0.2, 0.25) is 5.91 Å². The SMILES string of the molecule is CC1CCN(C(=O)Cc2csc3ccccc23)C(CN)C1.Cl. The maximum absolute atomic E-state index is 12.7. The van der Waals surface area contributed by atoms with Crippen molar-refractivity contribution in [1.29, 1.82) is 0 Å². The van der Waals surface area contributed by atoms with Crippen LogP contribution in [0.2, 0.25) is 0 Å². The van der Waals surface area contributed by atoms with E-state index in [9.17, 15) is 4.79 Å². The number of benzene rings is 1. The topological polar surface area (TPSA) is 46.3 Å². The number of piperidine rings is 1. The van der Waals surface area contributed by atoms with Gasteiger partial charge in [-0.15, -0.1) is 23.7 Å². The Balaban J connectivity index is 0.00000176. The first-order valence-electron chi connectivity index (χ1n) is 7.63. The van der Waals surface area contributed by atoms with Crippen LogP contribution in [0, 0.1) is 5.92 Å². The Morgan fingerprint density at radius 1 is 1.41 bits per heavy atom. The number of halogens is 1. The third-order valence-electron chi connectivity index (χ3n) is 4.47. The van der Waals surface area contributed by atoms with Crippen molar-refractivity contribution in [3.05, 3.63) is 35.2 Å². The Bertz CT molecular complexity index is 642. The number of fused-ring (bicyclic) bond motifs is 1. The van der Waals surface area contributed by atoms with E-state index in [1.54, 1.807) is 11.3 Å². The second-order valence-corrected chi connectivity index (χ2v) is 6.95. The molecule has 1 aliphatic rings. The number of amides is 1. The predicted molar refractivity (Wildman–Crippen MR) is 95.7 cm³/mol. The summed E-state index contributed by atoms with van der Waals surface area (Å²) >= 11 is 1.71. The van der Waals surface area contributed by atoms with E-state index in [0.717, 1.165) is 24.9 Å². The van der Waals surface area contributed by atoms with Crippen LogP contribution in [0.15, 0.2) is 29.6 Å². The Morgan fingerprint density at radius 3 is 2.95 bits per heavy atom. The quantitative estimate of drug-likeness (QED) is 0.931. The summed E-state index contributed by atoms with van der Waals surface area (Å²) in [5, 5.41) is 3.33. The van der Waals surface area contributed by atoms with Crippen LogP contribution in [0.3, 0.4) is 0 Å². The number of hydrogen-bond acceptors (Lipinski definition) is 3. The van der Waals surface area contributed by atoms with Crippen LogP contribution in [0.1, 0.15) is 25.3 Å². The number of rotatable bonds is 3. The second kappa shape index (κ2) is 7.44. The summed E-state index contributed by atoms with van der Waals surface area (Å²) in [7, 11) is 0. The van der Waals surface area contributed by atoms with Gasteiger partial charge in [0.25, 0.3) is 0 Å². The number of carbonyl (C=O) groups is 1. The van der Waals surface area contributed by atoms with Gasteiger partial charge in [-0.25, -0.2) is 0 Å². The molecule has 0 spiro atoms. The van der Waals surface area contributed by atoms with Crippen molar-refractivity contribution in [1.82, 2.24) is 4.90 Å². The molecule has 2 aromatic rings. The summed E-state index contributed by atoms with van der Waals surface area (Å²) < 4.78 is 1.25. The van der Waals surface area contributed by atoms with Crippen LogP contribution >= 0.6 is 23.7 Å². The average molecular weight is 339 g/mol. The van der Waals surface area contributed by atoms with Crippen molar-refractivity contribution in [2.24, 2.45) is 11.7 Å². The lowest BCUT2D eigenvalue weighted by Gasteiger charge is -2.38. The van der Waals surface area contributed by atoms with Crippen LogP contribution in [-0.2, 0) is 11.2 Å². The lowest BCUT2D eigenvalue weighted by Crippen LogP contribution is -2.49. The van der Waals surface area contributed by atoms with E-state index in [1.165, 1.54) is 10.1 Å². The van der Waals surface area contributed by atoms with E-state index in [4.69, 9.17) is 5.73 Å². The molecule has 1 aromatic carbocycles. The van der Waals surface area contributed by atoms with Gasteiger partial charge in [-0.05, 0) is 41.2 Å². The highest BCUT2D eigenvalue weighted by Gasteiger charge is 2.29. The number of nitrogens with two attached hydrogens (primary N) is 1. The lowest BCUT2D eigenvalue weighted by molar-refractivity contribution is -0.134. The molecular formula is C17H23ClN2OS. The molecule has 2 heterocycles. The van der Waals surface area contributed by atoms with Gasteiger partial charge >= 0.3 is 0 Å². The average Bonchev–Trinajstić information content (AvgIpc) is 2.90. The third-order valence-corrected chi connectivity index (χ3v) is 5.49. The number of likely N-dealkylation sites (tertiary alicyclic amines) is 1. The molecule has 2 atom stereocenters. The summed E-state index contributed by atoms with van der Waals surface area (Å²) in [5.74, 6) is 0.894. The molecule has 0 bridgehead atoms. The molecular weight excluding hydrogens is 316 g/mol. The second-order valence-electron chi connectivity index (χ2n) is 6.04.